The van der Waals surface area contributed by atoms with Crippen LogP contribution in [0.3, 0.4) is 0 Å². The van der Waals surface area contributed by atoms with Crippen molar-refractivity contribution in [3.63, 3.8) is 0 Å². The normalized spacial score (nSPS) is 17.6. The quantitative estimate of drug-likeness (QED) is 0.216. The van der Waals surface area contributed by atoms with E-state index in [1.807, 2.05) is 32.1 Å². The van der Waals surface area contributed by atoms with E-state index in [9.17, 15) is 0 Å². The molecule has 0 spiro atoms. The van der Waals surface area contributed by atoms with Gasteiger partial charge in [0, 0.05) is 31.3 Å². The molecule has 0 unspecified atom stereocenters. The summed E-state index contributed by atoms with van der Waals surface area (Å²) in [6, 6.07) is 32.6. The molecule has 38 heavy (non-hydrogen) atoms. The Hall–Kier alpha value is -1.47. The van der Waals surface area contributed by atoms with Crippen LogP contribution in [0.15, 0.2) is 91.0 Å². The summed E-state index contributed by atoms with van der Waals surface area (Å²) in [4.78, 5) is 2.41. The molecule has 0 heterocycles. The molecule has 2 fully saturated rings. The fourth-order valence-corrected chi connectivity index (χ4v) is 7.06. The van der Waals surface area contributed by atoms with Crippen molar-refractivity contribution in [3.05, 3.63) is 160 Å². The molecule has 0 N–H and O–H groups in total. The Labute approximate surface area is 243 Å². The Morgan fingerprint density at radius 3 is 1.63 bits per heavy atom. The van der Waals surface area contributed by atoms with Crippen LogP contribution in [-0.2, 0) is 21.8 Å². The van der Waals surface area contributed by atoms with Crippen LogP contribution in [-0.4, -0.2) is 31.6 Å². The van der Waals surface area contributed by atoms with Gasteiger partial charge in [-0.15, -0.1) is 0 Å². The average Bonchev–Trinajstić information content (AvgIpc) is 3.67. The van der Waals surface area contributed by atoms with Crippen LogP contribution in [0.1, 0.15) is 18.6 Å². The Morgan fingerprint density at radius 2 is 1.16 bits per heavy atom. The van der Waals surface area contributed by atoms with Gasteiger partial charge in [0.25, 0.3) is 0 Å². The second-order valence-electron chi connectivity index (χ2n) is 9.13. The molecule has 0 bridgehead atoms. The number of benzene rings is 3. The van der Waals surface area contributed by atoms with Gasteiger partial charge in [0.15, 0.2) is 0 Å². The number of hydrogen-bond donors (Lipinski definition) is 0. The first-order valence-electron chi connectivity index (χ1n) is 12.8. The standard InChI is InChI=1S/C29H31NOP.C5H5.Fe/c1-23(29(31-3)24-14-7-4-8-15-24)30(2)22-25-16-13-21-28(25)32(26-17-9-5-10-18-26)27-19-11-6-12-20-27;1-2-4-5-3-1;/h4-21,23,29H,22H2,1-3H3;1-5H;/q;;+2/t23-,29-;;/m0../s1. The molecule has 4 heteroatoms. The summed E-state index contributed by atoms with van der Waals surface area (Å²) < 4.78 is 5.92. The summed E-state index contributed by atoms with van der Waals surface area (Å²) in [6.07, 6.45) is 16.8. The van der Waals surface area contributed by atoms with Gasteiger partial charge in [-0.1, -0.05) is 91.0 Å². The third-order valence-corrected chi connectivity index (χ3v) is 9.19. The van der Waals surface area contributed by atoms with Gasteiger partial charge in [0.1, 0.15) is 0 Å². The summed E-state index contributed by atoms with van der Waals surface area (Å²) in [5, 5.41) is 2.77. The summed E-state index contributed by atoms with van der Waals surface area (Å²) in [7, 11) is 3.40. The first kappa shape index (κ1) is 31.1. The van der Waals surface area contributed by atoms with Crippen molar-refractivity contribution >= 4 is 18.5 Å². The smallest absolute Gasteiger partial charge is 0.375 e. The summed E-state index contributed by atoms with van der Waals surface area (Å²) in [5.41, 5.74) is 2.65. The average molecular weight is 561 g/mol. The minimum atomic E-state index is -0.600. The van der Waals surface area contributed by atoms with Crippen molar-refractivity contribution in [1.29, 1.82) is 0 Å². The fourth-order valence-electron chi connectivity index (χ4n) is 4.60. The van der Waals surface area contributed by atoms with Crippen LogP contribution in [0.2, 0.25) is 0 Å². The van der Waals surface area contributed by atoms with E-state index in [1.54, 1.807) is 7.11 Å². The molecule has 10 radical (unpaired) electrons. The molecule has 3 aromatic carbocycles. The Morgan fingerprint density at radius 1 is 0.684 bits per heavy atom. The predicted octanol–water partition coefficient (Wildman–Crippen LogP) is 6.58. The number of hydrogen-bond acceptors (Lipinski definition) is 2. The van der Waals surface area contributed by atoms with Crippen molar-refractivity contribution < 1.29 is 21.8 Å². The number of ether oxygens (including phenoxy) is 1. The third kappa shape index (κ3) is 8.51. The molecular weight excluding hydrogens is 525 g/mol. The van der Waals surface area contributed by atoms with Gasteiger partial charge in [-0.25, -0.2) is 0 Å². The third-order valence-electron chi connectivity index (χ3n) is 6.64. The van der Waals surface area contributed by atoms with E-state index >= 15 is 0 Å². The van der Waals surface area contributed by atoms with E-state index < -0.39 is 7.92 Å². The largest absolute Gasteiger partial charge is 2.00 e. The van der Waals surface area contributed by atoms with Gasteiger partial charge in [-0.3, -0.25) is 0 Å². The number of rotatable bonds is 9. The maximum absolute atomic E-state index is 5.92. The van der Waals surface area contributed by atoms with Gasteiger partial charge >= 0.3 is 17.1 Å². The number of nitrogens with zero attached hydrogens (tertiary/aromatic N) is 1. The van der Waals surface area contributed by atoms with Crippen LogP contribution in [0, 0.1) is 62.9 Å². The zero-order chi connectivity index (χ0) is 25.9. The molecule has 2 aliphatic rings. The van der Waals surface area contributed by atoms with Crippen molar-refractivity contribution in [2.45, 2.75) is 19.1 Å². The van der Waals surface area contributed by atoms with Gasteiger partial charge in [0.05, 0.1) is 6.10 Å². The van der Waals surface area contributed by atoms with Crippen LogP contribution >= 0.6 is 7.92 Å². The van der Waals surface area contributed by atoms with E-state index in [1.165, 1.54) is 27.7 Å². The first-order valence-corrected chi connectivity index (χ1v) is 14.1. The van der Waals surface area contributed by atoms with Crippen LogP contribution < -0.4 is 10.6 Å². The Kier molecular flexibility index (Phi) is 13.6. The summed E-state index contributed by atoms with van der Waals surface area (Å²) >= 11 is 0. The molecule has 2 nitrogen and oxygen atoms in total. The van der Waals surface area contributed by atoms with E-state index in [0.29, 0.717) is 0 Å². The molecule has 5 rings (SSSR count). The summed E-state index contributed by atoms with van der Waals surface area (Å²) in [5.74, 6) is 1.39. The van der Waals surface area contributed by atoms with Gasteiger partial charge in [-0.2, -0.15) is 0 Å². The molecule has 2 saturated carbocycles. The number of methoxy groups -OCH3 is 1. The molecule has 3 aromatic rings. The van der Waals surface area contributed by atoms with Gasteiger partial charge < -0.3 is 9.64 Å². The van der Waals surface area contributed by atoms with Crippen molar-refractivity contribution in [2.24, 2.45) is 0 Å². The predicted molar refractivity (Wildman–Crippen MR) is 158 cm³/mol. The molecule has 2 atom stereocenters. The van der Waals surface area contributed by atoms with Crippen LogP contribution in [0.25, 0.3) is 0 Å². The Bertz CT molecular complexity index is 967. The molecule has 0 saturated heterocycles. The van der Waals surface area contributed by atoms with Crippen molar-refractivity contribution in [3.8, 4) is 0 Å². The molecule has 0 aliphatic heterocycles. The minimum absolute atomic E-state index is 0. The van der Waals surface area contributed by atoms with E-state index in [2.05, 4.69) is 129 Å². The van der Waals surface area contributed by atoms with E-state index in [0.717, 1.165) is 6.54 Å². The van der Waals surface area contributed by atoms with Crippen LogP contribution in [0.4, 0.5) is 0 Å². The minimum Gasteiger partial charge on any atom is -0.375 e. The topological polar surface area (TPSA) is 12.5 Å². The molecule has 194 valence electrons. The van der Waals surface area contributed by atoms with E-state index in [-0.39, 0.29) is 29.2 Å². The van der Waals surface area contributed by atoms with Gasteiger partial charge in [0.2, 0.25) is 0 Å². The first-order chi connectivity index (χ1) is 18.2. The molecule has 2 aliphatic carbocycles. The number of likely N-dealkylation sites (N-methyl/N-ethyl adjacent to an activating group) is 1. The maximum Gasteiger partial charge on any atom is 2.00 e. The second-order valence-corrected chi connectivity index (χ2v) is 11.3. The van der Waals surface area contributed by atoms with E-state index in [4.69, 9.17) is 4.74 Å². The molecular formula is C34H36FeNOP+2. The zero-order valence-electron chi connectivity index (χ0n) is 22.3. The second kappa shape index (κ2) is 16.6. The molecule has 0 amide bonds. The monoisotopic (exact) mass is 561 g/mol. The van der Waals surface area contributed by atoms with Crippen molar-refractivity contribution in [2.75, 3.05) is 20.7 Å². The summed E-state index contributed by atoms with van der Waals surface area (Å²) in [6.45, 7) is 3.13. The van der Waals surface area contributed by atoms with Crippen molar-refractivity contribution in [1.82, 2.24) is 4.90 Å². The Balaban J connectivity index is 0.000000598. The zero-order valence-corrected chi connectivity index (χ0v) is 24.3. The maximum atomic E-state index is 5.92. The molecule has 0 aromatic heterocycles. The SMILES string of the molecule is CO[C@H](c1ccccc1)[C@H](C)N(C)C[C]1[CH][CH][CH][C]1P(c1ccccc1)c1ccccc1.[CH]1[CH][CH][CH][CH]1.[Fe+2]. The fraction of sp³-hybridized carbons (Fsp3) is 0.176. The van der Waals surface area contributed by atoms with Gasteiger partial charge in [-0.05, 0) is 89.4 Å². The van der Waals surface area contributed by atoms with Crippen LogP contribution in [0.5, 0.6) is 0 Å².